The smallest absolute Gasteiger partial charge is 0.155 e. The zero-order valence-electron chi connectivity index (χ0n) is 12.8. The molecule has 0 radical (unpaired) electrons. The zero-order chi connectivity index (χ0) is 15.3. The van der Waals surface area contributed by atoms with Crippen molar-refractivity contribution in [2.24, 2.45) is 0 Å². The quantitative estimate of drug-likeness (QED) is 0.613. The number of rotatable bonds is 5. The van der Waals surface area contributed by atoms with Gasteiger partial charge in [-0.05, 0) is 37.8 Å². The van der Waals surface area contributed by atoms with Crippen molar-refractivity contribution >= 4 is 15.4 Å². The van der Waals surface area contributed by atoms with Gasteiger partial charge in [0.2, 0.25) is 0 Å². The zero-order valence-corrected chi connectivity index (χ0v) is 13.7. The Bertz CT molecular complexity index is 590. The Labute approximate surface area is 127 Å². The van der Waals surface area contributed by atoms with Crippen molar-refractivity contribution < 1.29 is 13.2 Å². The van der Waals surface area contributed by atoms with E-state index in [0.29, 0.717) is 18.8 Å². The average molecular weight is 308 g/mol. The molecule has 1 aromatic carbocycles. The third-order valence-electron chi connectivity index (χ3n) is 4.36. The molecule has 1 heterocycles. The third-order valence-corrected chi connectivity index (χ3v) is 7.09. The number of sulfone groups is 1. The van der Waals surface area contributed by atoms with Crippen LogP contribution < -0.4 is 0 Å². The molecule has 4 heteroatoms. The second-order valence-corrected chi connectivity index (χ2v) is 8.64. The van der Waals surface area contributed by atoms with E-state index in [1.807, 2.05) is 44.2 Å². The van der Waals surface area contributed by atoms with Crippen LogP contribution in [0, 0.1) is 0 Å². The van der Waals surface area contributed by atoms with Gasteiger partial charge in [-0.2, -0.15) is 0 Å². The summed E-state index contributed by atoms with van der Waals surface area (Å²) >= 11 is 0. The summed E-state index contributed by atoms with van der Waals surface area (Å²) in [5, 5.41) is 0. The lowest BCUT2D eigenvalue weighted by molar-refractivity contribution is 0.226. The first kappa shape index (κ1) is 16.1. The van der Waals surface area contributed by atoms with Crippen LogP contribution in [0.2, 0.25) is 0 Å². The van der Waals surface area contributed by atoms with Gasteiger partial charge in [-0.1, -0.05) is 36.8 Å². The van der Waals surface area contributed by atoms with Crippen LogP contribution in [0.15, 0.2) is 36.6 Å². The third kappa shape index (κ3) is 3.88. The molecule has 0 spiro atoms. The topological polar surface area (TPSA) is 43.4 Å². The van der Waals surface area contributed by atoms with Gasteiger partial charge in [0.25, 0.3) is 0 Å². The van der Waals surface area contributed by atoms with Gasteiger partial charge in [-0.25, -0.2) is 8.42 Å². The first-order valence-electron chi connectivity index (χ1n) is 7.51. The van der Waals surface area contributed by atoms with Crippen molar-refractivity contribution in [1.82, 2.24) is 0 Å². The highest BCUT2D eigenvalue weighted by Crippen LogP contribution is 2.33. The molecule has 0 aliphatic carbocycles. The van der Waals surface area contributed by atoms with E-state index >= 15 is 0 Å². The summed E-state index contributed by atoms with van der Waals surface area (Å²) in [6, 6.07) is 10.0. The molecule has 1 unspecified atom stereocenters. The predicted octanol–water partition coefficient (Wildman–Crippen LogP) is 3.81. The molecular formula is C17H24O3S. The van der Waals surface area contributed by atoms with Gasteiger partial charge in [0.1, 0.15) is 0 Å². The molecule has 1 aliphatic heterocycles. The molecule has 21 heavy (non-hydrogen) atoms. The lowest BCUT2D eigenvalue weighted by atomic mass is 9.99. The minimum absolute atomic E-state index is 0.322. The lowest BCUT2D eigenvalue weighted by Crippen LogP contribution is -2.41. The Morgan fingerprint density at radius 3 is 2.67 bits per heavy atom. The number of hydrogen-bond acceptors (Lipinski definition) is 3. The summed E-state index contributed by atoms with van der Waals surface area (Å²) in [6.07, 6.45) is 4.84. The molecule has 1 fully saturated rings. The van der Waals surface area contributed by atoms with Crippen LogP contribution in [0.4, 0.5) is 0 Å². The summed E-state index contributed by atoms with van der Waals surface area (Å²) in [7, 11) is -2.98. The van der Waals surface area contributed by atoms with Crippen molar-refractivity contribution in [1.29, 1.82) is 0 Å². The fourth-order valence-electron chi connectivity index (χ4n) is 2.70. The maximum atomic E-state index is 12.2. The molecule has 1 saturated heterocycles. The van der Waals surface area contributed by atoms with Crippen LogP contribution in [0.1, 0.15) is 45.1 Å². The van der Waals surface area contributed by atoms with Crippen LogP contribution in [-0.2, 0) is 14.6 Å². The van der Waals surface area contributed by atoms with Crippen molar-refractivity contribution in [3.8, 4) is 0 Å². The predicted molar refractivity (Wildman–Crippen MR) is 86.7 cm³/mol. The maximum absolute atomic E-state index is 12.2. The number of benzene rings is 1. The number of hydrogen-bond donors (Lipinski definition) is 0. The molecular weight excluding hydrogens is 284 g/mol. The Hall–Kier alpha value is -1.29. The summed E-state index contributed by atoms with van der Waals surface area (Å²) in [4.78, 5) is 0. The molecule has 1 aromatic rings. The van der Waals surface area contributed by atoms with Crippen LogP contribution in [0.25, 0.3) is 5.57 Å². The van der Waals surface area contributed by atoms with Gasteiger partial charge in [0.15, 0.2) is 9.84 Å². The summed E-state index contributed by atoms with van der Waals surface area (Å²) < 4.78 is 29.3. The summed E-state index contributed by atoms with van der Waals surface area (Å²) in [5.41, 5.74) is 2.17. The first-order valence-corrected chi connectivity index (χ1v) is 9.16. The van der Waals surface area contributed by atoms with Gasteiger partial charge in [0.05, 0.1) is 23.4 Å². The molecule has 0 amide bonds. The molecule has 2 rings (SSSR count). The Morgan fingerprint density at radius 1 is 1.29 bits per heavy atom. The Balaban J connectivity index is 1.90. The van der Waals surface area contributed by atoms with Crippen LogP contribution in [0.5, 0.6) is 0 Å². The lowest BCUT2D eigenvalue weighted by Gasteiger charge is -2.32. The molecule has 0 bridgehead atoms. The average Bonchev–Trinajstić information content (AvgIpc) is 2.48. The standard InChI is InChI=1S/C17H24O3S/c1-15(16-8-4-3-5-9-16)14-20-12-11-17(2)10-6-7-13-21(17,18)19/h3-5,8-9,14H,6-7,10-13H2,1-2H3/b15-14-. The highest BCUT2D eigenvalue weighted by Gasteiger charge is 2.40. The molecule has 0 N–H and O–H groups in total. The normalized spacial score (nSPS) is 25.5. The van der Waals surface area contributed by atoms with Gasteiger partial charge < -0.3 is 4.74 Å². The van der Waals surface area contributed by atoms with Gasteiger partial charge in [-0.15, -0.1) is 0 Å². The fourth-order valence-corrected chi connectivity index (χ4v) is 4.63. The van der Waals surface area contributed by atoms with Crippen LogP contribution in [-0.4, -0.2) is 25.5 Å². The number of allylic oxidation sites excluding steroid dienone is 1. The molecule has 3 nitrogen and oxygen atoms in total. The van der Waals surface area contributed by atoms with E-state index in [1.54, 1.807) is 6.26 Å². The highest BCUT2D eigenvalue weighted by atomic mass is 32.2. The van der Waals surface area contributed by atoms with Gasteiger partial charge >= 0.3 is 0 Å². The Morgan fingerprint density at radius 2 is 2.00 bits per heavy atom. The van der Waals surface area contributed by atoms with E-state index in [-0.39, 0.29) is 0 Å². The van der Waals surface area contributed by atoms with Crippen molar-refractivity contribution in [2.75, 3.05) is 12.4 Å². The molecule has 1 aliphatic rings. The van der Waals surface area contributed by atoms with E-state index in [0.717, 1.165) is 30.4 Å². The molecule has 116 valence electrons. The van der Waals surface area contributed by atoms with E-state index in [2.05, 4.69) is 0 Å². The minimum Gasteiger partial charge on any atom is -0.501 e. The summed E-state index contributed by atoms with van der Waals surface area (Å²) in [6.45, 7) is 4.30. The number of ether oxygens (including phenoxy) is 1. The van der Waals surface area contributed by atoms with Crippen molar-refractivity contribution in [3.05, 3.63) is 42.2 Å². The van der Waals surface area contributed by atoms with Crippen molar-refractivity contribution in [3.63, 3.8) is 0 Å². The van der Waals surface area contributed by atoms with E-state index in [4.69, 9.17) is 4.74 Å². The monoisotopic (exact) mass is 308 g/mol. The highest BCUT2D eigenvalue weighted by molar-refractivity contribution is 7.92. The molecule has 1 atom stereocenters. The first-order chi connectivity index (χ1) is 9.95. The van der Waals surface area contributed by atoms with Crippen LogP contribution in [0.3, 0.4) is 0 Å². The fraction of sp³-hybridized carbons (Fsp3) is 0.529. The largest absolute Gasteiger partial charge is 0.501 e. The van der Waals surface area contributed by atoms with E-state index in [9.17, 15) is 8.42 Å². The SMILES string of the molecule is C/C(=C/OCCC1(C)CCCCS1(=O)=O)c1ccccc1. The Kier molecular flexibility index (Phi) is 5.09. The van der Waals surface area contributed by atoms with Gasteiger partial charge in [0, 0.05) is 6.42 Å². The van der Waals surface area contributed by atoms with Crippen LogP contribution >= 0.6 is 0 Å². The minimum atomic E-state index is -2.98. The van der Waals surface area contributed by atoms with E-state index < -0.39 is 14.6 Å². The second kappa shape index (κ2) is 6.65. The molecule has 0 saturated carbocycles. The maximum Gasteiger partial charge on any atom is 0.155 e. The van der Waals surface area contributed by atoms with Crippen molar-refractivity contribution in [2.45, 2.75) is 44.3 Å². The van der Waals surface area contributed by atoms with Gasteiger partial charge in [-0.3, -0.25) is 0 Å². The second-order valence-electron chi connectivity index (χ2n) is 6.01. The molecule has 0 aromatic heterocycles. The van der Waals surface area contributed by atoms with E-state index in [1.165, 1.54) is 0 Å². The summed E-state index contributed by atoms with van der Waals surface area (Å²) in [5.74, 6) is 0.322.